The van der Waals surface area contributed by atoms with Crippen LogP contribution in [0.3, 0.4) is 0 Å². The molecule has 0 unspecified atom stereocenters. The van der Waals surface area contributed by atoms with Crippen LogP contribution in [0.2, 0.25) is 0 Å². The molecule has 3 aromatic carbocycles. The molecule has 39 heavy (non-hydrogen) atoms. The molecule has 1 heterocycles. The second kappa shape index (κ2) is 11.3. The van der Waals surface area contributed by atoms with E-state index < -0.39 is 83.6 Å². The molecule has 208 valence electrons. The summed E-state index contributed by atoms with van der Waals surface area (Å²) >= 11 is 0. The van der Waals surface area contributed by atoms with Crippen molar-refractivity contribution in [1.29, 1.82) is 0 Å². The van der Waals surface area contributed by atoms with E-state index in [0.717, 1.165) is 12.1 Å². The molecule has 3 nitrogen and oxygen atoms in total. The number of rotatable bonds is 7. The number of alkyl halides is 2. The van der Waals surface area contributed by atoms with Gasteiger partial charge < -0.3 is 14.2 Å². The number of hydrogen-bond acceptors (Lipinski definition) is 3. The van der Waals surface area contributed by atoms with E-state index in [-0.39, 0.29) is 29.7 Å². The van der Waals surface area contributed by atoms with Crippen LogP contribution in [-0.2, 0) is 9.47 Å². The van der Waals surface area contributed by atoms with Crippen molar-refractivity contribution in [2.24, 2.45) is 0 Å². The molecule has 3 aromatic rings. The van der Waals surface area contributed by atoms with Crippen molar-refractivity contribution in [3.05, 3.63) is 94.6 Å². The molecule has 0 aliphatic carbocycles. The third kappa shape index (κ3) is 6.06. The molecule has 1 saturated heterocycles. The Hall–Kier alpha value is -3.51. The Morgan fingerprint density at radius 2 is 1.36 bits per heavy atom. The number of halogens is 9. The normalized spacial score (nSPS) is 18.6. The summed E-state index contributed by atoms with van der Waals surface area (Å²) in [6.45, 7) is 0.176. The maximum atomic E-state index is 14.9. The molecule has 0 radical (unpaired) electrons. The molecule has 1 fully saturated rings. The zero-order valence-corrected chi connectivity index (χ0v) is 20.0. The highest BCUT2D eigenvalue weighted by Crippen LogP contribution is 2.36. The quantitative estimate of drug-likeness (QED) is 0.215. The van der Waals surface area contributed by atoms with Crippen LogP contribution in [0.1, 0.15) is 30.4 Å². The molecule has 0 saturated carbocycles. The molecular weight excluding hydrogens is 543 g/mol. The maximum Gasteiger partial charge on any atom is 0.451 e. The fraction of sp³-hybridized carbons (Fsp3) is 0.259. The smallest absolute Gasteiger partial charge is 0.429 e. The number of ether oxygens (including phenoxy) is 3. The van der Waals surface area contributed by atoms with Crippen molar-refractivity contribution in [2.75, 3.05) is 13.2 Å². The van der Waals surface area contributed by atoms with Crippen LogP contribution in [-0.4, -0.2) is 25.6 Å². The summed E-state index contributed by atoms with van der Waals surface area (Å²) in [6, 6.07) is 7.58. The Labute approximate surface area is 216 Å². The van der Waals surface area contributed by atoms with Gasteiger partial charge in [-0.25, -0.2) is 30.7 Å². The predicted octanol–water partition coefficient (Wildman–Crippen LogP) is 8.20. The minimum absolute atomic E-state index is 0.0443. The highest BCUT2D eigenvalue weighted by atomic mass is 19.3. The minimum atomic E-state index is -4.30. The highest BCUT2D eigenvalue weighted by molar-refractivity contribution is 5.69. The van der Waals surface area contributed by atoms with Gasteiger partial charge in [0, 0.05) is 29.2 Å². The van der Waals surface area contributed by atoms with Gasteiger partial charge in [0.05, 0.1) is 13.2 Å². The van der Waals surface area contributed by atoms with E-state index in [4.69, 9.17) is 9.47 Å². The first-order valence-electron chi connectivity index (χ1n) is 11.5. The highest BCUT2D eigenvalue weighted by Gasteiger charge is 2.48. The Morgan fingerprint density at radius 1 is 0.821 bits per heavy atom. The van der Waals surface area contributed by atoms with Crippen LogP contribution in [0.25, 0.3) is 17.0 Å². The summed E-state index contributed by atoms with van der Waals surface area (Å²) < 4.78 is 140. The van der Waals surface area contributed by atoms with Crippen molar-refractivity contribution >= 4 is 5.83 Å². The van der Waals surface area contributed by atoms with Crippen LogP contribution in [0.4, 0.5) is 39.5 Å². The third-order valence-electron chi connectivity index (χ3n) is 5.89. The van der Waals surface area contributed by atoms with Gasteiger partial charge >= 0.3 is 6.11 Å². The van der Waals surface area contributed by atoms with E-state index in [1.165, 1.54) is 31.2 Å². The van der Waals surface area contributed by atoms with Gasteiger partial charge in [-0.05, 0) is 29.7 Å². The second-order valence-electron chi connectivity index (χ2n) is 8.56. The van der Waals surface area contributed by atoms with Crippen molar-refractivity contribution in [3.63, 3.8) is 0 Å². The van der Waals surface area contributed by atoms with Crippen LogP contribution in [0.15, 0.2) is 54.4 Å². The summed E-state index contributed by atoms with van der Waals surface area (Å²) in [4.78, 5) is 0. The minimum Gasteiger partial charge on any atom is -0.429 e. The maximum absolute atomic E-state index is 14.9. The van der Waals surface area contributed by atoms with Crippen LogP contribution in [0.5, 0.6) is 5.75 Å². The monoisotopic (exact) mass is 562 g/mol. The second-order valence-corrected chi connectivity index (χ2v) is 8.56. The topological polar surface area (TPSA) is 27.7 Å². The number of allylic oxidation sites excluding steroid dienone is 1. The van der Waals surface area contributed by atoms with Crippen molar-refractivity contribution < 1.29 is 53.7 Å². The first-order chi connectivity index (χ1) is 18.4. The van der Waals surface area contributed by atoms with Gasteiger partial charge in [0.25, 0.3) is 6.29 Å². The first kappa shape index (κ1) is 28.5. The lowest BCUT2D eigenvalue weighted by Crippen LogP contribution is -2.47. The Balaban J connectivity index is 1.46. The molecule has 0 amide bonds. The van der Waals surface area contributed by atoms with Gasteiger partial charge in [-0.3, -0.25) is 0 Å². The predicted molar refractivity (Wildman–Crippen MR) is 122 cm³/mol. The molecule has 0 aromatic heterocycles. The standard InChI is InChI=1S/C27H19F9O3/c1-2-18(28)24(33)14-5-3-13(4-6-14)15-7-19(29)23(20(30)8-15)16-11-37-26(38-12-16)27(35,36)39-17-9-21(31)25(34)22(32)10-17/h3-10,16,26H,2,11-12H2,1H3. The van der Waals surface area contributed by atoms with E-state index in [2.05, 4.69) is 4.74 Å². The molecule has 1 aliphatic heterocycles. The third-order valence-corrected chi connectivity index (χ3v) is 5.89. The zero-order chi connectivity index (χ0) is 28.5. The Morgan fingerprint density at radius 3 is 1.87 bits per heavy atom. The van der Waals surface area contributed by atoms with Crippen molar-refractivity contribution in [3.8, 4) is 16.9 Å². The number of hydrogen-bond donors (Lipinski definition) is 0. The fourth-order valence-electron chi connectivity index (χ4n) is 3.92. The Kier molecular flexibility index (Phi) is 8.26. The summed E-state index contributed by atoms with van der Waals surface area (Å²) in [5, 5.41) is 0. The van der Waals surface area contributed by atoms with E-state index >= 15 is 0 Å². The SMILES string of the molecule is CCC(F)=C(F)c1ccc(-c2cc(F)c(C3COC(C(F)(F)Oc4cc(F)c(F)c(F)c4)OC3)c(F)c2)cc1. The molecule has 0 N–H and O–H groups in total. The summed E-state index contributed by atoms with van der Waals surface area (Å²) in [5.74, 6) is -11.6. The fourth-order valence-corrected chi connectivity index (χ4v) is 3.92. The molecule has 0 atom stereocenters. The average molecular weight is 562 g/mol. The van der Waals surface area contributed by atoms with Gasteiger partial charge in [0.2, 0.25) is 0 Å². The van der Waals surface area contributed by atoms with Gasteiger partial charge in [-0.1, -0.05) is 31.2 Å². The lowest BCUT2D eigenvalue weighted by atomic mass is 9.95. The Bertz CT molecular complexity index is 1340. The van der Waals surface area contributed by atoms with Gasteiger partial charge in [0.1, 0.15) is 23.2 Å². The van der Waals surface area contributed by atoms with E-state index in [1.54, 1.807) is 0 Å². The van der Waals surface area contributed by atoms with Crippen LogP contribution >= 0.6 is 0 Å². The lowest BCUT2D eigenvalue weighted by Gasteiger charge is -2.33. The summed E-state index contributed by atoms with van der Waals surface area (Å²) in [5.41, 5.74) is -0.165. The molecule has 1 aliphatic rings. The van der Waals surface area contributed by atoms with Crippen molar-refractivity contribution in [1.82, 2.24) is 0 Å². The summed E-state index contributed by atoms with van der Waals surface area (Å²) in [7, 11) is 0. The van der Waals surface area contributed by atoms with E-state index in [1.807, 2.05) is 0 Å². The van der Waals surface area contributed by atoms with E-state index in [9.17, 15) is 39.5 Å². The molecule has 0 spiro atoms. The molecule has 0 bridgehead atoms. The van der Waals surface area contributed by atoms with Crippen molar-refractivity contribution in [2.45, 2.75) is 31.7 Å². The van der Waals surface area contributed by atoms with Gasteiger partial charge in [-0.2, -0.15) is 8.78 Å². The zero-order valence-electron chi connectivity index (χ0n) is 20.0. The lowest BCUT2D eigenvalue weighted by molar-refractivity contribution is -0.347. The largest absolute Gasteiger partial charge is 0.451 e. The first-order valence-corrected chi connectivity index (χ1v) is 11.5. The van der Waals surface area contributed by atoms with E-state index in [0.29, 0.717) is 5.56 Å². The van der Waals surface area contributed by atoms with Crippen LogP contribution < -0.4 is 4.74 Å². The molecular formula is C27H19F9O3. The average Bonchev–Trinajstić information content (AvgIpc) is 2.90. The molecule has 12 heteroatoms. The summed E-state index contributed by atoms with van der Waals surface area (Å²) in [6.07, 6.45) is -6.84. The molecule has 4 rings (SSSR count). The number of benzene rings is 3. The van der Waals surface area contributed by atoms with Crippen LogP contribution in [0, 0.1) is 29.1 Å². The van der Waals surface area contributed by atoms with Gasteiger partial charge in [-0.15, -0.1) is 0 Å². The van der Waals surface area contributed by atoms with Gasteiger partial charge in [0.15, 0.2) is 23.3 Å².